The van der Waals surface area contributed by atoms with Crippen molar-refractivity contribution in [2.75, 3.05) is 14.2 Å². The maximum Gasteiger partial charge on any atom is 0.194 e. The quantitative estimate of drug-likeness (QED) is 0.680. The fourth-order valence-corrected chi connectivity index (χ4v) is 3.19. The monoisotopic (exact) mass is 302 g/mol. The van der Waals surface area contributed by atoms with Crippen LogP contribution < -0.4 is 9.47 Å². The van der Waals surface area contributed by atoms with Crippen LogP contribution in [0.3, 0.4) is 0 Å². The normalized spacial score (nSPS) is 10.8. The van der Waals surface area contributed by atoms with Gasteiger partial charge in [0.05, 0.1) is 20.4 Å². The van der Waals surface area contributed by atoms with Crippen molar-refractivity contribution < 1.29 is 14.3 Å². The lowest BCUT2D eigenvalue weighted by Crippen LogP contribution is -1.94. The second-order valence-corrected chi connectivity index (χ2v) is 5.60. The molecule has 3 aromatic rings. The molecule has 0 saturated carbocycles. The second kappa shape index (κ2) is 5.57. The number of benzene rings is 1. The van der Waals surface area contributed by atoms with Crippen LogP contribution in [0.4, 0.5) is 0 Å². The summed E-state index contributed by atoms with van der Waals surface area (Å²) in [5.74, 6) is 1.55. The van der Waals surface area contributed by atoms with E-state index in [1.54, 1.807) is 31.8 Å². The summed E-state index contributed by atoms with van der Waals surface area (Å²) in [5, 5.41) is 0. The van der Waals surface area contributed by atoms with Gasteiger partial charge in [-0.3, -0.25) is 9.20 Å². The van der Waals surface area contributed by atoms with Gasteiger partial charge in [-0.15, -0.1) is 11.3 Å². The van der Waals surface area contributed by atoms with E-state index in [-0.39, 0.29) is 0 Å². The molecular weight excluding hydrogens is 288 g/mol. The molecule has 0 fully saturated rings. The van der Waals surface area contributed by atoms with Gasteiger partial charge in [-0.1, -0.05) is 6.07 Å². The van der Waals surface area contributed by atoms with Crippen molar-refractivity contribution in [3.63, 3.8) is 0 Å². The number of ether oxygens (including phenoxy) is 2. The van der Waals surface area contributed by atoms with Crippen molar-refractivity contribution in [3.05, 3.63) is 46.7 Å². The highest BCUT2D eigenvalue weighted by Gasteiger charge is 2.11. The standard InChI is InChI=1S/C15H14N2O3S/c1-19-12-4-3-10(14(6-12)20-2)5-13-8-17-11(9-18)7-16-15(17)21-13/h3-4,6-9H,5H2,1-2H3. The molecule has 0 bridgehead atoms. The van der Waals surface area contributed by atoms with E-state index in [0.29, 0.717) is 5.69 Å². The summed E-state index contributed by atoms with van der Waals surface area (Å²) in [6.07, 6.45) is 5.06. The van der Waals surface area contributed by atoms with E-state index in [1.807, 2.05) is 28.8 Å². The summed E-state index contributed by atoms with van der Waals surface area (Å²) in [6.45, 7) is 0. The Kier molecular flexibility index (Phi) is 3.62. The van der Waals surface area contributed by atoms with Gasteiger partial charge < -0.3 is 9.47 Å². The first-order valence-electron chi connectivity index (χ1n) is 6.37. The van der Waals surface area contributed by atoms with Crippen LogP contribution >= 0.6 is 11.3 Å². The smallest absolute Gasteiger partial charge is 0.194 e. The third-order valence-electron chi connectivity index (χ3n) is 3.27. The number of hydrogen-bond acceptors (Lipinski definition) is 5. The summed E-state index contributed by atoms with van der Waals surface area (Å²) in [6, 6.07) is 5.76. The van der Waals surface area contributed by atoms with Crippen LogP contribution in [0.1, 0.15) is 20.9 Å². The molecule has 0 N–H and O–H groups in total. The highest BCUT2D eigenvalue weighted by Crippen LogP contribution is 2.29. The van der Waals surface area contributed by atoms with Crippen LogP contribution in [0.15, 0.2) is 30.6 Å². The molecule has 3 rings (SSSR count). The fourth-order valence-electron chi connectivity index (χ4n) is 2.20. The van der Waals surface area contributed by atoms with Crippen LogP contribution in [0.5, 0.6) is 11.5 Å². The van der Waals surface area contributed by atoms with Crippen molar-refractivity contribution in [2.24, 2.45) is 0 Å². The van der Waals surface area contributed by atoms with E-state index < -0.39 is 0 Å². The molecule has 0 radical (unpaired) electrons. The Balaban J connectivity index is 1.94. The van der Waals surface area contributed by atoms with E-state index >= 15 is 0 Å². The van der Waals surface area contributed by atoms with Gasteiger partial charge in [0.2, 0.25) is 0 Å². The molecule has 0 spiro atoms. The van der Waals surface area contributed by atoms with E-state index in [0.717, 1.165) is 39.6 Å². The zero-order valence-electron chi connectivity index (χ0n) is 11.7. The van der Waals surface area contributed by atoms with E-state index in [9.17, 15) is 4.79 Å². The molecule has 108 valence electrons. The minimum absolute atomic E-state index is 0.564. The predicted molar refractivity (Wildman–Crippen MR) is 80.8 cm³/mol. The zero-order chi connectivity index (χ0) is 14.8. The highest BCUT2D eigenvalue weighted by atomic mass is 32.1. The zero-order valence-corrected chi connectivity index (χ0v) is 12.5. The summed E-state index contributed by atoms with van der Waals surface area (Å²) < 4.78 is 12.4. The molecule has 0 aliphatic carbocycles. The molecule has 0 aliphatic rings. The van der Waals surface area contributed by atoms with Crippen LogP contribution in [-0.2, 0) is 6.42 Å². The Morgan fingerprint density at radius 2 is 2.19 bits per heavy atom. The maximum atomic E-state index is 10.9. The molecule has 5 nitrogen and oxygen atoms in total. The van der Waals surface area contributed by atoms with E-state index in [2.05, 4.69) is 4.98 Å². The summed E-state index contributed by atoms with van der Waals surface area (Å²) in [7, 11) is 3.27. The van der Waals surface area contributed by atoms with Gasteiger partial charge >= 0.3 is 0 Å². The number of nitrogens with zero attached hydrogens (tertiary/aromatic N) is 2. The minimum atomic E-state index is 0.564. The average Bonchev–Trinajstić information content (AvgIpc) is 3.07. The Labute approximate surface area is 125 Å². The number of aromatic nitrogens is 2. The van der Waals surface area contributed by atoms with E-state index in [4.69, 9.17) is 9.47 Å². The van der Waals surface area contributed by atoms with Crippen molar-refractivity contribution in [2.45, 2.75) is 6.42 Å². The van der Waals surface area contributed by atoms with Gasteiger partial charge in [-0.25, -0.2) is 4.98 Å². The SMILES string of the molecule is COc1ccc(Cc2cn3c(C=O)cnc3s2)c(OC)c1. The van der Waals surface area contributed by atoms with Crippen molar-refractivity contribution in [1.29, 1.82) is 0 Å². The van der Waals surface area contributed by atoms with Gasteiger partial charge in [0.15, 0.2) is 11.2 Å². The predicted octanol–water partition coefficient (Wildman–Crippen LogP) is 2.82. The number of fused-ring (bicyclic) bond motifs is 1. The number of carbonyl (C=O) groups is 1. The lowest BCUT2D eigenvalue weighted by molar-refractivity contribution is 0.111. The average molecular weight is 302 g/mol. The summed E-state index contributed by atoms with van der Waals surface area (Å²) in [4.78, 5) is 17.1. The maximum absolute atomic E-state index is 10.9. The molecule has 6 heteroatoms. The Morgan fingerprint density at radius 3 is 2.90 bits per heavy atom. The number of hydrogen-bond donors (Lipinski definition) is 0. The van der Waals surface area contributed by atoms with Gasteiger partial charge in [0, 0.05) is 23.6 Å². The summed E-state index contributed by atoms with van der Waals surface area (Å²) in [5.41, 5.74) is 1.63. The number of thiazole rings is 1. The number of rotatable bonds is 5. The molecule has 0 amide bonds. The van der Waals surface area contributed by atoms with Crippen LogP contribution in [0.25, 0.3) is 4.96 Å². The first-order valence-corrected chi connectivity index (χ1v) is 7.18. The number of methoxy groups -OCH3 is 2. The molecule has 0 saturated heterocycles. The molecule has 1 aromatic carbocycles. The fraction of sp³-hybridized carbons (Fsp3) is 0.200. The van der Waals surface area contributed by atoms with Crippen molar-refractivity contribution in [3.8, 4) is 11.5 Å². The van der Waals surface area contributed by atoms with E-state index in [1.165, 1.54) is 0 Å². The molecular formula is C15H14N2O3S. The van der Waals surface area contributed by atoms with Gasteiger partial charge in [-0.2, -0.15) is 0 Å². The molecule has 0 aliphatic heterocycles. The molecule has 21 heavy (non-hydrogen) atoms. The number of carbonyl (C=O) groups excluding carboxylic acids is 1. The van der Waals surface area contributed by atoms with Gasteiger partial charge in [0.1, 0.15) is 17.2 Å². The van der Waals surface area contributed by atoms with Crippen LogP contribution in [-0.4, -0.2) is 29.9 Å². The van der Waals surface area contributed by atoms with Gasteiger partial charge in [0.25, 0.3) is 0 Å². The largest absolute Gasteiger partial charge is 0.497 e. The number of imidazole rings is 1. The van der Waals surface area contributed by atoms with Crippen LogP contribution in [0.2, 0.25) is 0 Å². The van der Waals surface area contributed by atoms with Gasteiger partial charge in [-0.05, 0) is 11.6 Å². The van der Waals surface area contributed by atoms with Crippen molar-refractivity contribution in [1.82, 2.24) is 9.38 Å². The summed E-state index contributed by atoms with van der Waals surface area (Å²) >= 11 is 1.56. The topological polar surface area (TPSA) is 52.8 Å². The lowest BCUT2D eigenvalue weighted by atomic mass is 10.1. The molecule has 2 aromatic heterocycles. The third kappa shape index (κ3) is 2.50. The Morgan fingerprint density at radius 1 is 1.33 bits per heavy atom. The Bertz CT molecular complexity index is 791. The van der Waals surface area contributed by atoms with Crippen molar-refractivity contribution >= 4 is 22.6 Å². The first-order chi connectivity index (χ1) is 10.2. The minimum Gasteiger partial charge on any atom is -0.497 e. The third-order valence-corrected chi connectivity index (χ3v) is 4.26. The second-order valence-electron chi connectivity index (χ2n) is 4.51. The molecule has 2 heterocycles. The molecule has 0 unspecified atom stereocenters. The molecule has 0 atom stereocenters. The first kappa shape index (κ1) is 13.6. The lowest BCUT2D eigenvalue weighted by Gasteiger charge is -2.09. The Hall–Kier alpha value is -2.34. The number of aldehydes is 1. The highest BCUT2D eigenvalue weighted by molar-refractivity contribution is 7.17. The van der Waals surface area contributed by atoms with Crippen LogP contribution in [0, 0.1) is 0 Å².